The topological polar surface area (TPSA) is 85.4 Å². The summed E-state index contributed by atoms with van der Waals surface area (Å²) < 4.78 is 1.63. The Morgan fingerprint density at radius 3 is 1.52 bits per heavy atom. The Morgan fingerprint density at radius 1 is 0.828 bits per heavy atom. The van der Waals surface area contributed by atoms with Crippen molar-refractivity contribution in [2.75, 3.05) is 79.1 Å². The molecule has 1 aromatic rings. The first kappa shape index (κ1) is 25.0. The molecule has 0 atom stereocenters. The zero-order valence-corrected chi connectivity index (χ0v) is 19.8. The fourth-order valence-electron chi connectivity index (χ4n) is 2.26. The predicted octanol–water partition coefficient (Wildman–Crippen LogP) is 1.37. The number of nitrogens with one attached hydrogen (secondary N) is 4. The summed E-state index contributed by atoms with van der Waals surface area (Å²) >= 11 is 10.6. The first-order valence-corrected chi connectivity index (χ1v) is 10.2. The van der Waals surface area contributed by atoms with Crippen molar-refractivity contribution in [2.24, 2.45) is 0 Å². The number of quaternary nitrogens is 2. The van der Waals surface area contributed by atoms with E-state index in [2.05, 4.69) is 63.6 Å². The molecule has 1 aromatic carbocycles. The molecule has 0 radical (unpaired) electrons. The van der Waals surface area contributed by atoms with Crippen molar-refractivity contribution in [3.05, 3.63) is 23.8 Å². The lowest BCUT2D eigenvalue weighted by Gasteiger charge is -2.24. The van der Waals surface area contributed by atoms with Crippen LogP contribution in [0.15, 0.2) is 18.2 Å². The predicted molar refractivity (Wildman–Crippen MR) is 128 cm³/mol. The normalized spacial score (nSPS) is 11.5. The molecule has 0 heterocycles. The van der Waals surface area contributed by atoms with E-state index in [1.807, 2.05) is 0 Å². The molecule has 0 amide bonds. The number of rotatable bonds is 9. The maximum atomic E-state index is 11.5. The van der Waals surface area contributed by atoms with Gasteiger partial charge in [-0.1, -0.05) is 0 Å². The Kier molecular flexibility index (Phi) is 9.21. The Balaban J connectivity index is 2.75. The summed E-state index contributed by atoms with van der Waals surface area (Å²) in [7, 11) is 12.6. The molecule has 29 heavy (non-hydrogen) atoms. The summed E-state index contributed by atoms with van der Waals surface area (Å²) in [4.78, 5) is 11.5. The second-order valence-electron chi connectivity index (χ2n) is 8.89. The highest BCUT2D eigenvalue weighted by molar-refractivity contribution is 7.80. The van der Waals surface area contributed by atoms with Gasteiger partial charge >= 0.3 is 5.97 Å². The van der Waals surface area contributed by atoms with Gasteiger partial charge in [0.15, 0.2) is 10.2 Å². The molecule has 0 spiro atoms. The molecule has 8 nitrogen and oxygen atoms in total. The highest BCUT2D eigenvalue weighted by atomic mass is 32.1. The third-order valence-corrected chi connectivity index (χ3v) is 4.32. The maximum absolute atomic E-state index is 11.5. The number of benzene rings is 1. The van der Waals surface area contributed by atoms with Crippen LogP contribution in [0, 0.1) is 0 Å². The van der Waals surface area contributed by atoms with Crippen molar-refractivity contribution in [1.82, 2.24) is 10.6 Å². The van der Waals surface area contributed by atoms with Gasteiger partial charge in [-0.3, -0.25) is 0 Å². The average molecular weight is 443 g/mol. The zero-order valence-electron chi connectivity index (χ0n) is 18.1. The molecule has 5 N–H and O–H groups in total. The van der Waals surface area contributed by atoms with Crippen LogP contribution in [0.4, 0.5) is 11.4 Å². The number of carbonyl (C=O) groups is 1. The smallest absolute Gasteiger partial charge is 0.335 e. The van der Waals surface area contributed by atoms with Gasteiger partial charge in [0.25, 0.3) is 0 Å². The molecular formula is C19H34N6O2S2+2. The fourth-order valence-corrected chi connectivity index (χ4v) is 2.70. The highest BCUT2D eigenvalue weighted by Gasteiger charge is 2.11. The lowest BCUT2D eigenvalue weighted by Crippen LogP contribution is -2.42. The summed E-state index contributed by atoms with van der Waals surface area (Å²) in [6.07, 6.45) is 0. The minimum atomic E-state index is -1.02. The Morgan fingerprint density at radius 2 is 1.21 bits per heavy atom. The average Bonchev–Trinajstić information content (AvgIpc) is 2.51. The van der Waals surface area contributed by atoms with Crippen LogP contribution >= 0.6 is 24.4 Å². The van der Waals surface area contributed by atoms with Crippen LogP contribution in [0.1, 0.15) is 10.4 Å². The molecule has 0 aliphatic heterocycles. The third kappa shape index (κ3) is 11.5. The molecule has 0 aliphatic rings. The lowest BCUT2D eigenvalue weighted by atomic mass is 10.1. The summed E-state index contributed by atoms with van der Waals surface area (Å²) in [6.45, 7) is 3.22. The Labute approximate surface area is 184 Å². The third-order valence-electron chi connectivity index (χ3n) is 3.83. The molecule has 0 bridgehead atoms. The van der Waals surface area contributed by atoms with Crippen LogP contribution in [0.2, 0.25) is 0 Å². The van der Waals surface area contributed by atoms with Gasteiger partial charge in [-0.25, -0.2) is 4.79 Å². The second-order valence-corrected chi connectivity index (χ2v) is 9.71. The number of carboxylic acids is 1. The van der Waals surface area contributed by atoms with Crippen molar-refractivity contribution >= 4 is 52.0 Å². The van der Waals surface area contributed by atoms with Gasteiger partial charge in [-0.2, -0.15) is 0 Å². The molecule has 0 saturated heterocycles. The Bertz CT molecular complexity index is 689. The van der Waals surface area contributed by atoms with E-state index in [9.17, 15) is 9.90 Å². The molecule has 10 heteroatoms. The SMILES string of the molecule is C[N+](C)(C)CCNC(=S)Nc1cc(NC(=S)NCC[N+](C)(C)C)cc(C(=O)O)c1. The van der Waals surface area contributed by atoms with E-state index in [4.69, 9.17) is 24.4 Å². The van der Waals surface area contributed by atoms with Gasteiger partial charge in [0, 0.05) is 11.4 Å². The van der Waals surface area contributed by atoms with E-state index >= 15 is 0 Å². The zero-order chi connectivity index (χ0) is 22.2. The van der Waals surface area contributed by atoms with E-state index in [0.29, 0.717) is 34.7 Å². The van der Waals surface area contributed by atoms with E-state index < -0.39 is 5.97 Å². The number of hydrogen-bond acceptors (Lipinski definition) is 3. The van der Waals surface area contributed by atoms with E-state index in [0.717, 1.165) is 22.1 Å². The van der Waals surface area contributed by atoms with Gasteiger partial charge in [-0.15, -0.1) is 0 Å². The summed E-state index contributed by atoms with van der Waals surface area (Å²) in [5.41, 5.74) is 1.29. The number of likely N-dealkylation sites (N-methyl/N-ethyl adjacent to an activating group) is 2. The number of nitrogens with zero attached hydrogens (tertiary/aromatic N) is 2. The highest BCUT2D eigenvalue weighted by Crippen LogP contribution is 2.19. The number of thiocarbonyl (C=S) groups is 2. The quantitative estimate of drug-likeness (QED) is 0.290. The van der Waals surface area contributed by atoms with Crippen molar-refractivity contribution < 1.29 is 18.9 Å². The Hall–Kier alpha value is -2.01. The van der Waals surface area contributed by atoms with Crippen molar-refractivity contribution in [1.29, 1.82) is 0 Å². The second kappa shape index (κ2) is 10.7. The first-order chi connectivity index (χ1) is 13.2. The molecule has 0 unspecified atom stereocenters. The van der Waals surface area contributed by atoms with Gasteiger partial charge in [0.1, 0.15) is 0 Å². The van der Waals surface area contributed by atoms with Crippen molar-refractivity contribution in [2.45, 2.75) is 0 Å². The molecule has 0 aliphatic carbocycles. The van der Waals surface area contributed by atoms with Crippen LogP contribution in [-0.4, -0.2) is 98.7 Å². The maximum Gasteiger partial charge on any atom is 0.335 e. The van der Waals surface area contributed by atoms with E-state index in [1.54, 1.807) is 6.07 Å². The summed E-state index contributed by atoms with van der Waals surface area (Å²) in [5.74, 6) is -1.02. The molecule has 1 rings (SSSR count). The molecule has 0 aromatic heterocycles. The minimum Gasteiger partial charge on any atom is -0.478 e. The monoisotopic (exact) mass is 442 g/mol. The number of hydrogen-bond donors (Lipinski definition) is 5. The van der Waals surface area contributed by atoms with Gasteiger partial charge in [0.05, 0.1) is 74.0 Å². The molecule has 0 saturated carbocycles. The van der Waals surface area contributed by atoms with Gasteiger partial charge < -0.3 is 35.3 Å². The van der Waals surface area contributed by atoms with Gasteiger partial charge in [-0.05, 0) is 42.6 Å². The van der Waals surface area contributed by atoms with Crippen molar-refractivity contribution in [3.8, 4) is 0 Å². The van der Waals surface area contributed by atoms with Crippen molar-refractivity contribution in [3.63, 3.8) is 0 Å². The number of anilines is 2. The van der Waals surface area contributed by atoms with Crippen LogP contribution in [0.25, 0.3) is 0 Å². The molecule has 162 valence electrons. The number of carboxylic acid groups (broad SMARTS) is 1. The van der Waals surface area contributed by atoms with Crippen LogP contribution in [0.3, 0.4) is 0 Å². The first-order valence-electron chi connectivity index (χ1n) is 9.34. The lowest BCUT2D eigenvalue weighted by molar-refractivity contribution is -0.869. The number of aromatic carboxylic acids is 1. The standard InChI is InChI=1S/C19H32N6O2S2/c1-24(2,3)9-7-20-18(28)22-15-11-14(17(26)27)12-16(13-15)23-19(29)21-8-10-25(4,5)6/h11-13H,7-10H2,1-6H3,(H3-2,20,21,22,23,26,27,28,29)/p+2. The van der Waals surface area contributed by atoms with E-state index in [1.165, 1.54) is 12.1 Å². The van der Waals surface area contributed by atoms with E-state index in [-0.39, 0.29) is 5.56 Å². The summed E-state index contributed by atoms with van der Waals surface area (Å²) in [6, 6.07) is 4.85. The minimum absolute atomic E-state index is 0.140. The fraction of sp³-hybridized carbons (Fsp3) is 0.526. The van der Waals surface area contributed by atoms with Crippen LogP contribution in [-0.2, 0) is 0 Å². The van der Waals surface area contributed by atoms with Crippen LogP contribution in [0.5, 0.6) is 0 Å². The summed E-state index contributed by atoms with van der Waals surface area (Å²) in [5, 5.41) is 22.6. The van der Waals surface area contributed by atoms with Gasteiger partial charge in [0.2, 0.25) is 0 Å². The van der Waals surface area contributed by atoms with Crippen LogP contribution < -0.4 is 21.3 Å². The molecule has 0 fully saturated rings. The molecular weight excluding hydrogens is 408 g/mol. The largest absolute Gasteiger partial charge is 0.478 e.